The quantitative estimate of drug-likeness (QED) is 0.843. The normalized spacial score (nSPS) is 14.3. The zero-order chi connectivity index (χ0) is 16.4. The predicted molar refractivity (Wildman–Crippen MR) is 63.6 cm³/mol. The van der Waals surface area contributed by atoms with Crippen LogP contribution in [0.15, 0.2) is 23.1 Å². The number of alkyl halides is 5. The molecule has 0 bridgehead atoms. The maximum atomic E-state index is 12.4. The van der Waals surface area contributed by atoms with Gasteiger partial charge < -0.3 is 4.74 Å². The first-order valence-electron chi connectivity index (χ1n) is 5.58. The maximum absolute atomic E-state index is 12.4. The molecule has 4 nitrogen and oxygen atoms in total. The van der Waals surface area contributed by atoms with Gasteiger partial charge in [-0.15, -0.1) is 0 Å². The molecule has 0 amide bonds. The summed E-state index contributed by atoms with van der Waals surface area (Å²) in [6.07, 6.45) is -4.76. The first kappa shape index (κ1) is 17.6. The molecule has 1 unspecified atom stereocenters. The first-order valence-corrected chi connectivity index (χ1v) is 7.06. The van der Waals surface area contributed by atoms with Crippen LogP contribution in [-0.4, -0.2) is 27.2 Å². The largest absolute Gasteiger partial charge is 0.435 e. The Hall–Kier alpha value is -1.42. The third kappa shape index (κ3) is 4.81. The summed E-state index contributed by atoms with van der Waals surface area (Å²) in [5.74, 6) is -0.424. The molecule has 1 N–H and O–H groups in total. The molecule has 120 valence electrons. The van der Waals surface area contributed by atoms with E-state index in [1.807, 2.05) is 0 Å². The van der Waals surface area contributed by atoms with Crippen molar-refractivity contribution in [3.8, 4) is 5.75 Å². The topological polar surface area (TPSA) is 55.4 Å². The molecule has 1 atom stereocenters. The highest BCUT2D eigenvalue weighted by Crippen LogP contribution is 2.26. The summed E-state index contributed by atoms with van der Waals surface area (Å²) in [5, 5.41) is 0. The summed E-state index contributed by atoms with van der Waals surface area (Å²) in [5.41, 5.74) is 0.220. The van der Waals surface area contributed by atoms with E-state index >= 15 is 0 Å². The standard InChI is InChI=1S/C11H12F5NO3S/c1-6-3-4-8(5-9(6)20-10(12)13)21(18,19)17-7(2)11(14,15)16/h3-5,7,10,17H,1-2H3. The van der Waals surface area contributed by atoms with E-state index in [2.05, 4.69) is 4.74 Å². The van der Waals surface area contributed by atoms with E-state index in [0.29, 0.717) is 6.92 Å². The Labute approximate surface area is 118 Å². The lowest BCUT2D eigenvalue weighted by Gasteiger charge is -2.18. The molecular formula is C11H12F5NO3S. The molecule has 0 spiro atoms. The molecule has 1 rings (SSSR count). The lowest BCUT2D eigenvalue weighted by Crippen LogP contribution is -2.42. The molecule has 0 saturated carbocycles. The highest BCUT2D eigenvalue weighted by Gasteiger charge is 2.38. The Bertz CT molecular complexity index is 600. The minimum Gasteiger partial charge on any atom is -0.435 e. The van der Waals surface area contributed by atoms with Gasteiger partial charge in [0.05, 0.1) is 4.90 Å². The van der Waals surface area contributed by atoms with Crippen LogP contribution < -0.4 is 9.46 Å². The lowest BCUT2D eigenvalue weighted by atomic mass is 10.2. The van der Waals surface area contributed by atoms with Crippen molar-refractivity contribution >= 4 is 10.0 Å². The molecule has 0 saturated heterocycles. The van der Waals surface area contributed by atoms with Crippen molar-refractivity contribution in [3.63, 3.8) is 0 Å². The van der Waals surface area contributed by atoms with Gasteiger partial charge in [-0.3, -0.25) is 0 Å². The molecule has 0 aliphatic carbocycles. The number of ether oxygens (including phenoxy) is 1. The molecular weight excluding hydrogens is 321 g/mol. The average Bonchev–Trinajstić information content (AvgIpc) is 2.29. The molecule has 0 radical (unpaired) electrons. The fourth-order valence-corrected chi connectivity index (χ4v) is 2.58. The van der Waals surface area contributed by atoms with Crippen LogP contribution in [0.25, 0.3) is 0 Å². The van der Waals surface area contributed by atoms with Gasteiger partial charge in [0.15, 0.2) is 0 Å². The Kier molecular flexibility index (Phi) is 5.16. The molecule has 0 aliphatic rings. The number of hydrogen-bond acceptors (Lipinski definition) is 3. The minimum absolute atomic E-state index is 0.220. The second-order valence-electron chi connectivity index (χ2n) is 4.19. The summed E-state index contributed by atoms with van der Waals surface area (Å²) in [4.78, 5) is -0.597. The Morgan fingerprint density at radius 1 is 1.24 bits per heavy atom. The van der Waals surface area contributed by atoms with Crippen LogP contribution in [0.1, 0.15) is 12.5 Å². The van der Waals surface area contributed by atoms with Gasteiger partial charge in [-0.25, -0.2) is 8.42 Å². The second-order valence-corrected chi connectivity index (χ2v) is 5.90. The molecule has 21 heavy (non-hydrogen) atoms. The molecule has 10 heteroatoms. The van der Waals surface area contributed by atoms with Crippen LogP contribution in [0.4, 0.5) is 22.0 Å². The van der Waals surface area contributed by atoms with Gasteiger partial charge in [0.25, 0.3) is 0 Å². The van der Waals surface area contributed by atoms with Crippen molar-refractivity contribution in [1.29, 1.82) is 0 Å². The maximum Gasteiger partial charge on any atom is 0.404 e. The fourth-order valence-electron chi connectivity index (χ4n) is 1.34. The highest BCUT2D eigenvalue weighted by molar-refractivity contribution is 7.89. The van der Waals surface area contributed by atoms with Crippen LogP contribution >= 0.6 is 0 Å². The van der Waals surface area contributed by atoms with Gasteiger partial charge in [0.1, 0.15) is 11.8 Å². The fraction of sp³-hybridized carbons (Fsp3) is 0.455. The molecule has 0 aliphatic heterocycles. The molecule has 1 aromatic carbocycles. The van der Waals surface area contributed by atoms with Gasteiger partial charge in [0, 0.05) is 6.07 Å². The summed E-state index contributed by atoms with van der Waals surface area (Å²) in [6.45, 7) is -1.16. The molecule has 0 fully saturated rings. The van der Waals surface area contributed by atoms with E-state index in [4.69, 9.17) is 0 Å². The third-order valence-electron chi connectivity index (χ3n) is 2.51. The zero-order valence-corrected chi connectivity index (χ0v) is 11.7. The third-order valence-corrected chi connectivity index (χ3v) is 4.05. The van der Waals surface area contributed by atoms with E-state index in [9.17, 15) is 30.4 Å². The second kappa shape index (κ2) is 6.14. The van der Waals surface area contributed by atoms with Crippen molar-refractivity contribution in [1.82, 2.24) is 4.72 Å². The lowest BCUT2D eigenvalue weighted by molar-refractivity contribution is -0.147. The zero-order valence-electron chi connectivity index (χ0n) is 10.9. The Balaban J connectivity index is 3.09. The smallest absolute Gasteiger partial charge is 0.404 e. The first-order chi connectivity index (χ1) is 9.43. The number of nitrogens with one attached hydrogen (secondary N) is 1. The van der Waals surface area contributed by atoms with Crippen LogP contribution in [0.2, 0.25) is 0 Å². The van der Waals surface area contributed by atoms with Crippen molar-refractivity contribution in [2.24, 2.45) is 0 Å². The summed E-state index contributed by atoms with van der Waals surface area (Å²) >= 11 is 0. The van der Waals surface area contributed by atoms with E-state index in [-0.39, 0.29) is 5.56 Å². The van der Waals surface area contributed by atoms with Crippen molar-refractivity contribution < 1.29 is 35.1 Å². The van der Waals surface area contributed by atoms with Crippen molar-refractivity contribution in [2.45, 2.75) is 37.6 Å². The number of aryl methyl sites for hydroxylation is 1. The number of sulfonamides is 1. The van der Waals surface area contributed by atoms with Gasteiger partial charge in [-0.1, -0.05) is 6.07 Å². The van der Waals surface area contributed by atoms with Crippen LogP contribution in [-0.2, 0) is 10.0 Å². The minimum atomic E-state index is -4.76. The number of halogens is 5. The van der Waals surface area contributed by atoms with Gasteiger partial charge in [-0.05, 0) is 25.5 Å². The van der Waals surface area contributed by atoms with Gasteiger partial charge in [-0.2, -0.15) is 26.7 Å². The van der Waals surface area contributed by atoms with Crippen molar-refractivity contribution in [3.05, 3.63) is 23.8 Å². The molecule has 0 heterocycles. The Morgan fingerprint density at radius 3 is 2.29 bits per heavy atom. The van der Waals surface area contributed by atoms with Crippen LogP contribution in [0.3, 0.4) is 0 Å². The van der Waals surface area contributed by atoms with E-state index in [0.717, 1.165) is 18.2 Å². The van der Waals surface area contributed by atoms with Crippen LogP contribution in [0.5, 0.6) is 5.75 Å². The van der Waals surface area contributed by atoms with Gasteiger partial charge >= 0.3 is 12.8 Å². The summed E-state index contributed by atoms with van der Waals surface area (Å²) in [7, 11) is -4.51. The van der Waals surface area contributed by atoms with E-state index < -0.39 is 39.5 Å². The van der Waals surface area contributed by atoms with E-state index in [1.54, 1.807) is 0 Å². The monoisotopic (exact) mass is 333 g/mol. The SMILES string of the molecule is Cc1ccc(S(=O)(=O)NC(C)C(F)(F)F)cc1OC(F)F. The molecule has 0 aromatic heterocycles. The van der Waals surface area contributed by atoms with E-state index in [1.165, 1.54) is 11.6 Å². The summed E-state index contributed by atoms with van der Waals surface area (Å²) in [6, 6.07) is 0.583. The predicted octanol–water partition coefficient (Wildman–Crippen LogP) is 2.83. The molecule has 1 aromatic rings. The Morgan fingerprint density at radius 2 is 1.81 bits per heavy atom. The van der Waals surface area contributed by atoms with Gasteiger partial charge in [0.2, 0.25) is 10.0 Å². The van der Waals surface area contributed by atoms with Crippen LogP contribution in [0, 0.1) is 6.92 Å². The highest BCUT2D eigenvalue weighted by atomic mass is 32.2. The number of hydrogen-bond donors (Lipinski definition) is 1. The summed E-state index contributed by atoms with van der Waals surface area (Å²) < 4.78 is 90.5. The average molecular weight is 333 g/mol. The van der Waals surface area contributed by atoms with Crippen molar-refractivity contribution in [2.75, 3.05) is 0 Å². The number of rotatable bonds is 5. The number of benzene rings is 1.